The molecule has 21 heavy (non-hydrogen) atoms. The first-order valence-corrected chi connectivity index (χ1v) is 7.60. The Balaban J connectivity index is 2.37. The zero-order valence-electron chi connectivity index (χ0n) is 11.5. The van der Waals surface area contributed by atoms with E-state index in [0.29, 0.717) is 6.54 Å². The highest BCUT2D eigenvalue weighted by Crippen LogP contribution is 2.23. The molecule has 0 unspecified atom stereocenters. The van der Waals surface area contributed by atoms with Crippen LogP contribution in [0.25, 0.3) is 0 Å². The Bertz CT molecular complexity index is 737. The van der Waals surface area contributed by atoms with Crippen LogP contribution in [-0.2, 0) is 23.6 Å². The average molecular weight is 315 g/mol. The summed E-state index contributed by atoms with van der Waals surface area (Å²) in [7, 11) is -0.637. The number of nitrogens with one attached hydrogen (secondary N) is 2. The van der Waals surface area contributed by atoms with Gasteiger partial charge in [0.1, 0.15) is 22.2 Å². The topological polar surface area (TPSA) is 63.1 Å². The van der Waals surface area contributed by atoms with Gasteiger partial charge in [-0.25, -0.2) is 17.2 Å². The summed E-state index contributed by atoms with van der Waals surface area (Å²) in [6, 6.07) is 4.57. The number of rotatable bonds is 5. The fourth-order valence-corrected chi connectivity index (χ4v) is 3.04. The van der Waals surface area contributed by atoms with Crippen LogP contribution >= 0.6 is 0 Å². The molecule has 0 fully saturated rings. The molecule has 2 aromatic rings. The van der Waals surface area contributed by atoms with E-state index in [0.717, 1.165) is 23.9 Å². The zero-order valence-corrected chi connectivity index (χ0v) is 12.3. The second kappa shape index (κ2) is 5.82. The number of sulfonamides is 1. The Morgan fingerprint density at radius 3 is 2.43 bits per heavy atom. The van der Waals surface area contributed by atoms with Gasteiger partial charge in [0.05, 0.1) is 0 Å². The number of anilines is 1. The SMILES string of the molecule is CNCc1cc(S(=O)(=O)Nc2c(F)cccc2F)cn1C. The van der Waals surface area contributed by atoms with Crippen molar-refractivity contribution in [2.24, 2.45) is 7.05 Å². The maximum atomic E-state index is 13.5. The lowest BCUT2D eigenvalue weighted by atomic mass is 10.3. The Labute approximate surface area is 121 Å². The lowest BCUT2D eigenvalue weighted by molar-refractivity contribution is 0.583. The molecule has 0 aliphatic heterocycles. The van der Waals surface area contributed by atoms with Crippen molar-refractivity contribution in [3.05, 3.63) is 47.8 Å². The van der Waals surface area contributed by atoms with E-state index >= 15 is 0 Å². The molecule has 114 valence electrons. The van der Waals surface area contributed by atoms with Gasteiger partial charge in [0, 0.05) is 25.5 Å². The minimum absolute atomic E-state index is 0.0575. The highest BCUT2D eigenvalue weighted by Gasteiger charge is 2.21. The second-order valence-corrected chi connectivity index (χ2v) is 6.19. The van der Waals surface area contributed by atoms with Gasteiger partial charge < -0.3 is 9.88 Å². The van der Waals surface area contributed by atoms with Crippen LogP contribution in [0.2, 0.25) is 0 Å². The Hall–Kier alpha value is -1.93. The standard InChI is InChI=1S/C13H15F2N3O2S/c1-16-7-9-6-10(8-18(9)2)21(19,20)17-13-11(14)4-3-5-12(13)15/h3-6,8,16-17H,7H2,1-2H3. The molecule has 0 spiro atoms. The summed E-state index contributed by atoms with van der Waals surface area (Å²) >= 11 is 0. The van der Waals surface area contributed by atoms with E-state index in [4.69, 9.17) is 0 Å². The van der Waals surface area contributed by atoms with E-state index < -0.39 is 27.3 Å². The summed E-state index contributed by atoms with van der Waals surface area (Å²) in [5, 5.41) is 2.90. The van der Waals surface area contributed by atoms with E-state index in [-0.39, 0.29) is 4.90 Å². The number of para-hydroxylation sites is 1. The van der Waals surface area contributed by atoms with E-state index in [1.165, 1.54) is 12.3 Å². The molecule has 8 heteroatoms. The molecule has 2 rings (SSSR count). The largest absolute Gasteiger partial charge is 0.352 e. The van der Waals surface area contributed by atoms with Crippen LogP contribution in [0.3, 0.4) is 0 Å². The minimum atomic E-state index is -4.06. The summed E-state index contributed by atoms with van der Waals surface area (Å²) in [5.41, 5.74) is 0.0448. The van der Waals surface area contributed by atoms with Gasteiger partial charge in [-0.2, -0.15) is 0 Å². The number of hydrogen-bond acceptors (Lipinski definition) is 3. The van der Waals surface area contributed by atoms with E-state index in [9.17, 15) is 17.2 Å². The molecule has 1 aromatic heterocycles. The smallest absolute Gasteiger partial charge is 0.263 e. The number of aromatic nitrogens is 1. The molecule has 0 atom stereocenters. The molecule has 0 aliphatic carbocycles. The van der Waals surface area contributed by atoms with Crippen molar-refractivity contribution in [2.45, 2.75) is 11.4 Å². The minimum Gasteiger partial charge on any atom is -0.352 e. The molecule has 2 N–H and O–H groups in total. The van der Waals surface area contributed by atoms with Crippen LogP contribution in [-0.4, -0.2) is 20.0 Å². The molecular weight excluding hydrogens is 300 g/mol. The van der Waals surface area contributed by atoms with E-state index in [1.54, 1.807) is 18.7 Å². The normalized spacial score (nSPS) is 11.6. The van der Waals surface area contributed by atoms with Crippen molar-refractivity contribution < 1.29 is 17.2 Å². The van der Waals surface area contributed by atoms with Gasteiger partial charge in [-0.1, -0.05) is 6.07 Å². The van der Waals surface area contributed by atoms with Crippen LogP contribution in [0, 0.1) is 11.6 Å². The van der Waals surface area contributed by atoms with Gasteiger partial charge in [-0.05, 0) is 25.2 Å². The molecular formula is C13H15F2N3O2S. The van der Waals surface area contributed by atoms with Crippen molar-refractivity contribution >= 4 is 15.7 Å². The average Bonchev–Trinajstić information content (AvgIpc) is 2.77. The first-order valence-electron chi connectivity index (χ1n) is 6.12. The van der Waals surface area contributed by atoms with Crippen LogP contribution in [0.5, 0.6) is 0 Å². The molecule has 1 aromatic carbocycles. The monoisotopic (exact) mass is 315 g/mol. The van der Waals surface area contributed by atoms with Crippen molar-refractivity contribution in [1.82, 2.24) is 9.88 Å². The predicted octanol–water partition coefficient (Wildman–Crippen LogP) is 1.82. The van der Waals surface area contributed by atoms with E-state index in [2.05, 4.69) is 5.32 Å². The molecule has 0 radical (unpaired) electrons. The van der Waals surface area contributed by atoms with Gasteiger partial charge in [0.15, 0.2) is 0 Å². The molecule has 0 saturated carbocycles. The maximum Gasteiger partial charge on any atom is 0.263 e. The zero-order chi connectivity index (χ0) is 15.6. The van der Waals surface area contributed by atoms with Crippen molar-refractivity contribution in [3.8, 4) is 0 Å². The Morgan fingerprint density at radius 2 is 1.86 bits per heavy atom. The van der Waals surface area contributed by atoms with Crippen molar-refractivity contribution in [1.29, 1.82) is 0 Å². The summed E-state index contributed by atoms with van der Waals surface area (Å²) in [5.74, 6) is -1.94. The third kappa shape index (κ3) is 3.22. The number of nitrogens with zero attached hydrogens (tertiary/aromatic N) is 1. The predicted molar refractivity (Wildman–Crippen MR) is 75.3 cm³/mol. The molecule has 0 amide bonds. The lowest BCUT2D eigenvalue weighted by Crippen LogP contribution is -2.14. The second-order valence-electron chi connectivity index (χ2n) is 4.51. The van der Waals surface area contributed by atoms with Gasteiger partial charge >= 0.3 is 0 Å². The molecule has 0 aliphatic rings. The summed E-state index contributed by atoms with van der Waals surface area (Å²) < 4.78 is 55.0. The molecule has 1 heterocycles. The fraction of sp³-hybridized carbons (Fsp3) is 0.231. The summed E-state index contributed by atoms with van der Waals surface area (Å²) in [6.45, 7) is 0.472. The maximum absolute atomic E-state index is 13.5. The van der Waals surface area contributed by atoms with Gasteiger partial charge in [0.2, 0.25) is 0 Å². The van der Waals surface area contributed by atoms with Gasteiger partial charge in [-0.15, -0.1) is 0 Å². The van der Waals surface area contributed by atoms with Crippen molar-refractivity contribution in [3.63, 3.8) is 0 Å². The van der Waals surface area contributed by atoms with Gasteiger partial charge in [0.25, 0.3) is 10.0 Å². The highest BCUT2D eigenvalue weighted by molar-refractivity contribution is 7.92. The van der Waals surface area contributed by atoms with Crippen LogP contribution in [0.15, 0.2) is 35.4 Å². The first-order chi connectivity index (χ1) is 9.85. The molecule has 0 saturated heterocycles. The molecule has 5 nitrogen and oxygen atoms in total. The van der Waals surface area contributed by atoms with Crippen LogP contribution in [0.4, 0.5) is 14.5 Å². The highest BCUT2D eigenvalue weighted by atomic mass is 32.2. The third-order valence-corrected chi connectivity index (χ3v) is 4.27. The van der Waals surface area contributed by atoms with Crippen molar-refractivity contribution in [2.75, 3.05) is 11.8 Å². The van der Waals surface area contributed by atoms with E-state index in [1.807, 2.05) is 4.72 Å². The number of benzene rings is 1. The van der Waals surface area contributed by atoms with Gasteiger partial charge in [-0.3, -0.25) is 4.72 Å². The first kappa shape index (κ1) is 15.5. The molecule has 0 bridgehead atoms. The lowest BCUT2D eigenvalue weighted by Gasteiger charge is -2.08. The number of hydrogen-bond donors (Lipinski definition) is 2. The third-order valence-electron chi connectivity index (χ3n) is 2.95. The fourth-order valence-electron chi connectivity index (χ4n) is 1.87. The Kier molecular flexibility index (Phi) is 4.29. The Morgan fingerprint density at radius 1 is 1.24 bits per heavy atom. The number of aryl methyl sites for hydroxylation is 1. The summed E-state index contributed by atoms with van der Waals surface area (Å²) in [4.78, 5) is -0.0575. The van der Waals surface area contributed by atoms with Crippen LogP contribution in [0.1, 0.15) is 5.69 Å². The summed E-state index contributed by atoms with van der Waals surface area (Å²) in [6.07, 6.45) is 1.38. The van der Waals surface area contributed by atoms with Crippen LogP contribution < -0.4 is 10.0 Å². The number of halogens is 2. The quantitative estimate of drug-likeness (QED) is 0.885.